The van der Waals surface area contributed by atoms with Crippen molar-refractivity contribution in [2.45, 2.75) is 19.4 Å². The monoisotopic (exact) mass is 328 g/mol. The second-order valence-electron chi connectivity index (χ2n) is 5.25. The maximum atomic E-state index is 12.0. The molecule has 1 atom stereocenters. The lowest BCUT2D eigenvalue weighted by molar-refractivity contribution is -0.125. The number of piperidine rings is 1. The first kappa shape index (κ1) is 18.7. The summed E-state index contributed by atoms with van der Waals surface area (Å²) in [5, 5.41) is 6.26. The Labute approximate surface area is 138 Å². The molecule has 5 nitrogen and oxygen atoms in total. The number of rotatable bonds is 7. The van der Waals surface area contributed by atoms with E-state index in [9.17, 15) is 4.79 Å². The van der Waals surface area contributed by atoms with E-state index in [0.29, 0.717) is 19.8 Å². The summed E-state index contributed by atoms with van der Waals surface area (Å²) in [6.07, 6.45) is 2.05. The van der Waals surface area contributed by atoms with Crippen molar-refractivity contribution in [3.8, 4) is 5.75 Å². The first-order valence-electron chi connectivity index (χ1n) is 7.48. The van der Waals surface area contributed by atoms with Crippen LogP contribution < -0.4 is 15.4 Å². The van der Waals surface area contributed by atoms with Crippen molar-refractivity contribution >= 4 is 18.3 Å². The van der Waals surface area contributed by atoms with E-state index in [-0.39, 0.29) is 24.2 Å². The van der Waals surface area contributed by atoms with Gasteiger partial charge in [-0.25, -0.2) is 0 Å². The number of hydrogen-bond donors (Lipinski definition) is 2. The molecule has 1 amide bonds. The van der Waals surface area contributed by atoms with Crippen LogP contribution in [0.1, 0.15) is 18.4 Å². The lowest BCUT2D eigenvalue weighted by Crippen LogP contribution is -2.40. The highest BCUT2D eigenvalue weighted by molar-refractivity contribution is 5.85. The molecule has 0 saturated carbocycles. The molecule has 0 radical (unpaired) electrons. The normalized spacial score (nSPS) is 17.4. The van der Waals surface area contributed by atoms with Gasteiger partial charge in [0.15, 0.2) is 0 Å². The Hall–Kier alpha value is -1.30. The lowest BCUT2D eigenvalue weighted by Gasteiger charge is -2.21. The Kier molecular flexibility index (Phi) is 8.89. The smallest absolute Gasteiger partial charge is 0.224 e. The van der Waals surface area contributed by atoms with Gasteiger partial charge in [-0.3, -0.25) is 4.79 Å². The highest BCUT2D eigenvalue weighted by atomic mass is 35.5. The topological polar surface area (TPSA) is 59.6 Å². The molecule has 0 aliphatic carbocycles. The lowest BCUT2D eigenvalue weighted by atomic mass is 9.99. The Bertz CT molecular complexity index is 434. The van der Waals surface area contributed by atoms with Crippen LogP contribution in [0.3, 0.4) is 0 Å². The molecule has 1 unspecified atom stereocenters. The average Bonchev–Trinajstić information content (AvgIpc) is 2.55. The highest BCUT2D eigenvalue weighted by Crippen LogP contribution is 2.13. The zero-order chi connectivity index (χ0) is 14.9. The molecule has 1 aliphatic heterocycles. The van der Waals surface area contributed by atoms with Crippen molar-refractivity contribution in [2.75, 3.05) is 33.4 Å². The summed E-state index contributed by atoms with van der Waals surface area (Å²) in [5.74, 6) is 1.07. The predicted molar refractivity (Wildman–Crippen MR) is 88.5 cm³/mol. The maximum Gasteiger partial charge on any atom is 0.224 e. The van der Waals surface area contributed by atoms with Gasteiger partial charge in [0.1, 0.15) is 12.4 Å². The minimum absolute atomic E-state index is 0. The fraction of sp³-hybridized carbons (Fsp3) is 0.562. The second kappa shape index (κ2) is 10.4. The zero-order valence-electron chi connectivity index (χ0n) is 13.0. The van der Waals surface area contributed by atoms with Crippen LogP contribution in [0.4, 0.5) is 0 Å². The van der Waals surface area contributed by atoms with Crippen LogP contribution in [-0.4, -0.2) is 39.3 Å². The van der Waals surface area contributed by atoms with Crippen molar-refractivity contribution in [1.29, 1.82) is 0 Å². The van der Waals surface area contributed by atoms with Gasteiger partial charge in [0.05, 0.1) is 12.5 Å². The molecule has 1 aliphatic rings. The van der Waals surface area contributed by atoms with E-state index in [1.165, 1.54) is 0 Å². The van der Waals surface area contributed by atoms with Crippen LogP contribution >= 0.6 is 12.4 Å². The first-order valence-corrected chi connectivity index (χ1v) is 7.48. The molecule has 0 bridgehead atoms. The first-order chi connectivity index (χ1) is 10.3. The van der Waals surface area contributed by atoms with Gasteiger partial charge in [-0.15, -0.1) is 12.4 Å². The molecular formula is C16H25ClN2O3. The molecule has 124 valence electrons. The number of hydrogen-bond acceptors (Lipinski definition) is 4. The number of benzene rings is 1. The van der Waals surface area contributed by atoms with Crippen molar-refractivity contribution in [2.24, 2.45) is 5.92 Å². The quantitative estimate of drug-likeness (QED) is 0.749. The standard InChI is InChI=1S/C16H24N2O3.ClH/c1-20-9-10-21-15-6-4-13(5-7-15)11-18-16(19)14-3-2-8-17-12-14;/h4-7,14,17H,2-3,8-12H2,1H3,(H,18,19);1H. The van der Waals surface area contributed by atoms with Gasteiger partial charge in [0.2, 0.25) is 5.91 Å². The minimum Gasteiger partial charge on any atom is -0.491 e. The third-order valence-corrected chi connectivity index (χ3v) is 3.61. The fourth-order valence-electron chi connectivity index (χ4n) is 2.36. The molecule has 1 fully saturated rings. The Morgan fingerprint density at radius 2 is 2.09 bits per heavy atom. The van der Waals surface area contributed by atoms with Crippen LogP contribution in [0.25, 0.3) is 0 Å². The SMILES string of the molecule is COCCOc1ccc(CNC(=O)C2CCCNC2)cc1.Cl. The van der Waals surface area contributed by atoms with E-state index in [2.05, 4.69) is 10.6 Å². The third kappa shape index (κ3) is 6.22. The van der Waals surface area contributed by atoms with Gasteiger partial charge in [0.25, 0.3) is 0 Å². The summed E-state index contributed by atoms with van der Waals surface area (Å²) in [6.45, 7) is 3.49. The van der Waals surface area contributed by atoms with Crippen molar-refractivity contribution in [3.63, 3.8) is 0 Å². The molecule has 0 aromatic heterocycles. The summed E-state index contributed by atoms with van der Waals surface area (Å²) >= 11 is 0. The number of methoxy groups -OCH3 is 1. The van der Waals surface area contributed by atoms with Crippen molar-refractivity contribution in [3.05, 3.63) is 29.8 Å². The fourth-order valence-corrected chi connectivity index (χ4v) is 2.36. The molecule has 22 heavy (non-hydrogen) atoms. The predicted octanol–water partition coefficient (Wildman–Crippen LogP) is 1.75. The van der Waals surface area contributed by atoms with Gasteiger partial charge in [-0.1, -0.05) is 12.1 Å². The number of carbonyl (C=O) groups excluding carboxylic acids is 1. The van der Waals surface area contributed by atoms with Gasteiger partial charge in [0, 0.05) is 20.2 Å². The van der Waals surface area contributed by atoms with Gasteiger partial charge in [-0.2, -0.15) is 0 Å². The Morgan fingerprint density at radius 3 is 2.73 bits per heavy atom. The summed E-state index contributed by atoms with van der Waals surface area (Å²) in [4.78, 5) is 12.0. The molecule has 0 spiro atoms. The van der Waals surface area contributed by atoms with Crippen LogP contribution in [0.15, 0.2) is 24.3 Å². The largest absolute Gasteiger partial charge is 0.491 e. The van der Waals surface area contributed by atoms with Crippen molar-refractivity contribution < 1.29 is 14.3 Å². The maximum absolute atomic E-state index is 12.0. The molecular weight excluding hydrogens is 304 g/mol. The Balaban J connectivity index is 0.00000242. The Morgan fingerprint density at radius 1 is 1.32 bits per heavy atom. The van der Waals surface area contributed by atoms with E-state index in [1.54, 1.807) is 7.11 Å². The number of ether oxygens (including phenoxy) is 2. The molecule has 2 rings (SSSR count). The highest BCUT2D eigenvalue weighted by Gasteiger charge is 2.20. The third-order valence-electron chi connectivity index (χ3n) is 3.61. The van der Waals surface area contributed by atoms with Gasteiger partial charge >= 0.3 is 0 Å². The number of halogens is 1. The van der Waals surface area contributed by atoms with Crippen LogP contribution in [0.2, 0.25) is 0 Å². The van der Waals surface area contributed by atoms with Crippen LogP contribution in [0.5, 0.6) is 5.75 Å². The van der Waals surface area contributed by atoms with E-state index in [4.69, 9.17) is 9.47 Å². The summed E-state index contributed by atoms with van der Waals surface area (Å²) in [6, 6.07) is 7.78. The van der Waals surface area contributed by atoms with Gasteiger partial charge < -0.3 is 20.1 Å². The minimum atomic E-state index is 0. The summed E-state index contributed by atoms with van der Waals surface area (Å²) in [7, 11) is 1.65. The van der Waals surface area contributed by atoms with E-state index in [0.717, 1.165) is 37.2 Å². The van der Waals surface area contributed by atoms with Crippen LogP contribution in [-0.2, 0) is 16.1 Å². The molecule has 1 saturated heterocycles. The zero-order valence-corrected chi connectivity index (χ0v) is 13.8. The van der Waals surface area contributed by atoms with Crippen molar-refractivity contribution in [1.82, 2.24) is 10.6 Å². The van der Waals surface area contributed by atoms with Crippen LogP contribution in [0, 0.1) is 5.92 Å². The second-order valence-corrected chi connectivity index (χ2v) is 5.25. The molecule has 2 N–H and O–H groups in total. The number of carbonyl (C=O) groups is 1. The number of amides is 1. The van der Waals surface area contributed by atoms with E-state index in [1.807, 2.05) is 24.3 Å². The summed E-state index contributed by atoms with van der Waals surface area (Å²) < 4.78 is 10.4. The van der Waals surface area contributed by atoms with E-state index < -0.39 is 0 Å². The average molecular weight is 329 g/mol. The molecule has 1 aromatic rings. The summed E-state index contributed by atoms with van der Waals surface area (Å²) in [5.41, 5.74) is 1.08. The number of nitrogens with one attached hydrogen (secondary N) is 2. The molecule has 6 heteroatoms. The molecule has 1 heterocycles. The van der Waals surface area contributed by atoms with Gasteiger partial charge in [-0.05, 0) is 37.1 Å². The van der Waals surface area contributed by atoms with E-state index >= 15 is 0 Å². The molecule has 1 aromatic carbocycles.